The van der Waals surface area contributed by atoms with E-state index in [4.69, 9.17) is 11.6 Å². The van der Waals surface area contributed by atoms with Crippen molar-refractivity contribution in [2.75, 3.05) is 37.6 Å². The van der Waals surface area contributed by atoms with E-state index >= 15 is 0 Å². The fourth-order valence-electron chi connectivity index (χ4n) is 3.45. The number of benzene rings is 2. The summed E-state index contributed by atoms with van der Waals surface area (Å²) in [5, 5.41) is 14.5. The predicted octanol–water partition coefficient (Wildman–Crippen LogP) is 3.74. The average molecular weight is 485 g/mol. The summed E-state index contributed by atoms with van der Waals surface area (Å²) in [4.78, 5) is 38.1. The van der Waals surface area contributed by atoms with E-state index in [0.29, 0.717) is 16.7 Å². The van der Waals surface area contributed by atoms with Gasteiger partial charge < -0.3 is 15.1 Å². The van der Waals surface area contributed by atoms with Crippen molar-refractivity contribution in [3.63, 3.8) is 0 Å². The monoisotopic (exact) mass is 484 g/mol. The third-order valence-corrected chi connectivity index (χ3v) is 5.46. The van der Waals surface area contributed by atoms with E-state index in [0.717, 1.165) is 12.1 Å². The molecule has 0 spiro atoms. The normalized spacial score (nSPS) is 14.2. The second-order valence-electron chi connectivity index (χ2n) is 7.34. The Balaban J connectivity index is 1.53. The molecule has 1 saturated heterocycles. The van der Waals surface area contributed by atoms with Crippen LogP contribution in [0.5, 0.6) is 0 Å². The molecule has 0 aliphatic carbocycles. The second kappa shape index (κ2) is 10.1. The number of rotatable bonds is 6. The third kappa shape index (κ3) is 6.13. The molecule has 12 heteroatoms. The maximum atomic E-state index is 12.9. The number of nitro groups is 1. The van der Waals surface area contributed by atoms with Crippen LogP contribution < -0.4 is 10.2 Å². The highest BCUT2D eigenvalue weighted by atomic mass is 35.5. The number of nitrogens with zero attached hydrogens (tertiary/aromatic N) is 3. The lowest BCUT2D eigenvalue weighted by atomic mass is 10.1. The fraction of sp³-hybridized carbons (Fsp3) is 0.333. The van der Waals surface area contributed by atoms with Gasteiger partial charge in [-0.3, -0.25) is 19.7 Å². The Morgan fingerprint density at radius 3 is 2.27 bits per heavy atom. The van der Waals surface area contributed by atoms with Crippen molar-refractivity contribution in [2.24, 2.45) is 0 Å². The number of halogens is 4. The molecule has 33 heavy (non-hydrogen) atoms. The highest BCUT2D eigenvalue weighted by molar-refractivity contribution is 6.30. The largest absolute Gasteiger partial charge is 0.416 e. The van der Waals surface area contributed by atoms with Crippen molar-refractivity contribution in [1.82, 2.24) is 10.2 Å². The quantitative estimate of drug-likeness (QED) is 0.498. The SMILES string of the molecule is O=C(NCCC(=O)N1CCN(c2ccc(C(F)(F)F)cc2[N+](=O)[O-])CC1)c1ccc(Cl)cc1. The molecule has 1 aliphatic rings. The van der Waals surface area contributed by atoms with Gasteiger partial charge in [-0.2, -0.15) is 13.2 Å². The van der Waals surface area contributed by atoms with Gasteiger partial charge in [0.15, 0.2) is 0 Å². The number of anilines is 1. The van der Waals surface area contributed by atoms with Gasteiger partial charge in [-0.05, 0) is 36.4 Å². The van der Waals surface area contributed by atoms with Crippen LogP contribution in [0.4, 0.5) is 24.5 Å². The number of carbonyl (C=O) groups is 2. The molecule has 176 valence electrons. The first-order valence-electron chi connectivity index (χ1n) is 9.98. The first kappa shape index (κ1) is 24.3. The highest BCUT2D eigenvalue weighted by Gasteiger charge is 2.34. The summed E-state index contributed by atoms with van der Waals surface area (Å²) in [6.45, 7) is 1.10. The lowest BCUT2D eigenvalue weighted by molar-refractivity contribution is -0.384. The molecule has 1 fully saturated rings. The van der Waals surface area contributed by atoms with Gasteiger partial charge in [0.1, 0.15) is 5.69 Å². The number of amides is 2. The minimum Gasteiger partial charge on any atom is -0.362 e. The Morgan fingerprint density at radius 1 is 1.06 bits per heavy atom. The molecule has 2 aromatic rings. The van der Waals surface area contributed by atoms with Crippen LogP contribution >= 0.6 is 11.6 Å². The van der Waals surface area contributed by atoms with Crippen LogP contribution in [0.1, 0.15) is 22.3 Å². The molecule has 0 aromatic heterocycles. The van der Waals surface area contributed by atoms with Crippen LogP contribution in [-0.4, -0.2) is 54.4 Å². The standard InChI is InChI=1S/C21H20ClF3N4O4/c22-16-4-1-14(2-5-16)20(31)26-8-7-19(30)28-11-9-27(10-12-28)17-6-3-15(21(23,24)25)13-18(17)29(32)33/h1-6,13H,7-12H2,(H,26,31). The lowest BCUT2D eigenvalue weighted by Crippen LogP contribution is -2.49. The minimum absolute atomic E-state index is 0.0692. The number of carbonyl (C=O) groups excluding carboxylic acids is 2. The average Bonchev–Trinajstić information content (AvgIpc) is 2.78. The molecule has 0 unspecified atom stereocenters. The second-order valence-corrected chi connectivity index (χ2v) is 7.78. The van der Waals surface area contributed by atoms with Gasteiger partial charge >= 0.3 is 6.18 Å². The highest BCUT2D eigenvalue weighted by Crippen LogP contribution is 2.36. The zero-order valence-electron chi connectivity index (χ0n) is 17.3. The summed E-state index contributed by atoms with van der Waals surface area (Å²) in [6.07, 6.45) is -4.61. The summed E-state index contributed by atoms with van der Waals surface area (Å²) >= 11 is 5.78. The summed E-state index contributed by atoms with van der Waals surface area (Å²) in [5.41, 5.74) is -1.23. The van der Waals surface area contributed by atoms with E-state index in [2.05, 4.69) is 5.32 Å². The van der Waals surface area contributed by atoms with E-state index in [1.807, 2.05) is 0 Å². The topological polar surface area (TPSA) is 95.8 Å². The molecule has 1 aliphatic heterocycles. The van der Waals surface area contributed by atoms with Crippen LogP contribution in [0.3, 0.4) is 0 Å². The van der Waals surface area contributed by atoms with Crippen molar-refractivity contribution in [1.29, 1.82) is 0 Å². The van der Waals surface area contributed by atoms with Crippen molar-refractivity contribution in [3.8, 4) is 0 Å². The molecule has 1 N–H and O–H groups in total. The number of nitrogens with one attached hydrogen (secondary N) is 1. The fourth-order valence-corrected chi connectivity index (χ4v) is 3.58. The zero-order chi connectivity index (χ0) is 24.2. The Bertz CT molecular complexity index is 1040. The van der Waals surface area contributed by atoms with Gasteiger partial charge in [0.05, 0.1) is 10.5 Å². The molecule has 0 atom stereocenters. The van der Waals surface area contributed by atoms with Gasteiger partial charge in [0.2, 0.25) is 5.91 Å². The molecule has 0 radical (unpaired) electrons. The van der Waals surface area contributed by atoms with Crippen LogP contribution in [0.15, 0.2) is 42.5 Å². The summed E-state index contributed by atoms with van der Waals surface area (Å²) in [7, 11) is 0. The molecular formula is C21H20ClF3N4O4. The first-order chi connectivity index (χ1) is 15.6. The Kier molecular flexibility index (Phi) is 7.42. The van der Waals surface area contributed by atoms with Crippen LogP contribution in [0.25, 0.3) is 0 Å². The molecule has 1 heterocycles. The molecule has 8 nitrogen and oxygen atoms in total. The number of hydrogen-bond acceptors (Lipinski definition) is 5. The van der Waals surface area contributed by atoms with Gasteiger partial charge in [0.25, 0.3) is 11.6 Å². The van der Waals surface area contributed by atoms with E-state index in [1.54, 1.807) is 34.1 Å². The smallest absolute Gasteiger partial charge is 0.362 e. The van der Waals surface area contributed by atoms with E-state index in [1.165, 1.54) is 0 Å². The van der Waals surface area contributed by atoms with E-state index < -0.39 is 22.4 Å². The molecule has 3 rings (SSSR count). The Morgan fingerprint density at radius 2 is 1.70 bits per heavy atom. The number of piperazine rings is 1. The summed E-state index contributed by atoms with van der Waals surface area (Å²) < 4.78 is 38.7. The Hall–Kier alpha value is -3.34. The number of nitro benzene ring substituents is 1. The maximum absolute atomic E-state index is 12.9. The van der Waals surface area contributed by atoms with Crippen molar-refractivity contribution < 1.29 is 27.7 Å². The summed E-state index contributed by atoms with van der Waals surface area (Å²) in [6, 6.07) is 8.73. The first-order valence-corrected chi connectivity index (χ1v) is 10.4. The summed E-state index contributed by atoms with van der Waals surface area (Å²) in [5.74, 6) is -0.535. The van der Waals surface area contributed by atoms with Crippen LogP contribution in [0.2, 0.25) is 5.02 Å². The van der Waals surface area contributed by atoms with Gasteiger partial charge in [-0.25, -0.2) is 0 Å². The van der Waals surface area contributed by atoms with Gasteiger partial charge in [0, 0.05) is 55.8 Å². The third-order valence-electron chi connectivity index (χ3n) is 5.20. The van der Waals surface area contributed by atoms with E-state index in [9.17, 15) is 32.9 Å². The van der Waals surface area contributed by atoms with Crippen molar-refractivity contribution in [3.05, 3.63) is 68.7 Å². The molecule has 0 bridgehead atoms. The number of alkyl halides is 3. The maximum Gasteiger partial charge on any atom is 0.416 e. The molecule has 2 amide bonds. The Labute approximate surface area is 192 Å². The van der Waals surface area contributed by atoms with Crippen molar-refractivity contribution >= 4 is 34.8 Å². The van der Waals surface area contributed by atoms with Gasteiger partial charge in [-0.1, -0.05) is 11.6 Å². The predicted molar refractivity (Wildman–Crippen MR) is 115 cm³/mol. The van der Waals surface area contributed by atoms with E-state index in [-0.39, 0.29) is 56.6 Å². The molecule has 0 saturated carbocycles. The van der Waals surface area contributed by atoms with Crippen LogP contribution in [0, 0.1) is 10.1 Å². The van der Waals surface area contributed by atoms with Crippen molar-refractivity contribution in [2.45, 2.75) is 12.6 Å². The zero-order valence-corrected chi connectivity index (χ0v) is 18.0. The van der Waals surface area contributed by atoms with Gasteiger partial charge in [-0.15, -0.1) is 0 Å². The minimum atomic E-state index is -4.68. The number of hydrogen-bond donors (Lipinski definition) is 1. The molecular weight excluding hydrogens is 465 g/mol. The van der Waals surface area contributed by atoms with Crippen LogP contribution in [-0.2, 0) is 11.0 Å². The lowest BCUT2D eigenvalue weighted by Gasteiger charge is -2.36. The molecule has 2 aromatic carbocycles.